The van der Waals surface area contributed by atoms with Crippen LogP contribution in [-0.4, -0.2) is 77.7 Å². The van der Waals surface area contributed by atoms with E-state index in [-0.39, 0.29) is 66.8 Å². The molecule has 0 radical (unpaired) electrons. The lowest BCUT2D eigenvalue weighted by atomic mass is 10.2. The van der Waals surface area contributed by atoms with E-state index in [2.05, 4.69) is 173 Å². The van der Waals surface area contributed by atoms with E-state index in [1.807, 2.05) is 198 Å². The van der Waals surface area contributed by atoms with Gasteiger partial charge in [-0.25, -0.2) is 24.9 Å². The third kappa shape index (κ3) is 53.7. The number of aryl methyl sites for hydroxylation is 28. The van der Waals surface area contributed by atoms with Crippen molar-refractivity contribution in [2.75, 3.05) is 0 Å². The van der Waals surface area contributed by atoms with E-state index in [0.717, 1.165) is 79.8 Å². The molecule has 0 atom stereocenters. The van der Waals surface area contributed by atoms with E-state index >= 15 is 0 Å². The molecule has 0 aliphatic carbocycles. The van der Waals surface area contributed by atoms with Gasteiger partial charge in [0.2, 0.25) is 5.89 Å². The molecular weight excluding hydrogens is 1440 g/mol. The standard InChI is InChI=1S/2C7H12N2.C7H11N.2C6H9NO.2C6H9NS.C6H8O.C6H8S.C5H9N3.C4H6N2O.C4H6N2S.3C2H6.9CH4/c1-5-6(2)9(4)7(3)8-5;1-5-6(2)8-9(4)7(5)3;1-6-4-7(2)8(3)5-6;1-4-5(2)8-6(3)7-4;1-4-5(2)7-8-6(4)3;1-4-5(2)8-6(3)7-4;1-4-5(2)7-8-6(4)3;2*1-5-3-6(2)7-4-5;1-4-6-5(2)8(3)7-4;2*1-3-5-4(2)7-6-3;3*1-2;;;;;;;;;/h2*1-4H3;4-5H,1-3H3;4*1-3H3;2*3-4H,1-2H3;1-3H3;2*1-2H3;3*1-2H3;9*1H4. The predicted molar refractivity (Wildman–Crippen MR) is 484 cm³/mol. The van der Waals surface area contributed by atoms with Gasteiger partial charge in [-0.05, 0) is 268 Å². The van der Waals surface area contributed by atoms with Crippen molar-refractivity contribution < 1.29 is 17.9 Å². The Kier molecular flexibility index (Phi) is 80.0. The number of oxazole rings is 1. The number of rotatable bonds is 0. The van der Waals surface area contributed by atoms with Gasteiger partial charge in [0.05, 0.1) is 45.4 Å². The largest absolute Gasteiger partial charge is 0.469 e. The summed E-state index contributed by atoms with van der Waals surface area (Å²) in [4.78, 5) is 28.5. The molecule has 0 aliphatic heterocycles. The molecule has 630 valence electrons. The van der Waals surface area contributed by atoms with Crippen LogP contribution in [0.5, 0.6) is 0 Å². The van der Waals surface area contributed by atoms with Gasteiger partial charge in [-0.2, -0.15) is 23.9 Å². The molecule has 0 aromatic carbocycles. The minimum absolute atomic E-state index is 0. The Hall–Kier alpha value is -7.80. The molecule has 0 spiro atoms. The first-order valence-electron chi connectivity index (χ1n) is 33.7. The highest BCUT2D eigenvalue weighted by molar-refractivity contribution is 7.11. The van der Waals surface area contributed by atoms with Gasteiger partial charge in [0.25, 0.3) is 0 Å². The Balaban J connectivity index is -0.0000000929. The lowest BCUT2D eigenvalue weighted by Crippen LogP contribution is -1.92. The topological polar surface area (TPSA) is 227 Å². The first kappa shape index (κ1) is 128. The van der Waals surface area contributed by atoms with Gasteiger partial charge in [0.1, 0.15) is 45.6 Å². The van der Waals surface area contributed by atoms with E-state index in [0.29, 0.717) is 11.7 Å². The first-order valence-corrected chi connectivity index (χ1v) is 36.9. The second-order valence-corrected chi connectivity index (χ2v) is 27.2. The van der Waals surface area contributed by atoms with Gasteiger partial charge in [0, 0.05) is 85.5 Å². The fourth-order valence-electron chi connectivity index (χ4n) is 7.53. The van der Waals surface area contributed by atoms with Crippen molar-refractivity contribution in [3.8, 4) is 0 Å². The zero-order valence-corrected chi connectivity index (χ0v) is 72.2. The maximum Gasteiger partial charge on any atom is 0.223 e. The summed E-state index contributed by atoms with van der Waals surface area (Å²) in [6.07, 6.45) is 3.87. The molecule has 109 heavy (non-hydrogen) atoms. The Morgan fingerprint density at radius 1 is 0.376 bits per heavy atom. The minimum Gasteiger partial charge on any atom is -0.469 e. The zero-order chi connectivity index (χ0) is 78.0. The summed E-state index contributed by atoms with van der Waals surface area (Å²) in [7, 11) is 7.94. The Morgan fingerprint density at radius 2 is 0.927 bits per heavy atom. The summed E-state index contributed by atoms with van der Waals surface area (Å²) >= 11 is 6.59. The van der Waals surface area contributed by atoms with Gasteiger partial charge in [0.15, 0.2) is 11.7 Å². The van der Waals surface area contributed by atoms with Crippen LogP contribution >= 0.6 is 45.7 Å². The third-order valence-corrected chi connectivity index (χ3v) is 17.8. The van der Waals surface area contributed by atoms with Gasteiger partial charge in [-0.1, -0.05) is 119 Å². The second kappa shape index (κ2) is 68.2. The highest BCUT2D eigenvalue weighted by atomic mass is 32.1. The predicted octanol–water partition coefficient (Wildman–Crippen LogP) is 27.0. The molecule has 12 aromatic heterocycles. The van der Waals surface area contributed by atoms with Gasteiger partial charge >= 0.3 is 0 Å². The normalized spacial score (nSPS) is 8.62. The smallest absolute Gasteiger partial charge is 0.223 e. The molecule has 0 N–H and O–H groups in total. The number of imidazole rings is 1. The van der Waals surface area contributed by atoms with Crippen molar-refractivity contribution in [3.05, 3.63) is 203 Å². The molecule has 20 nitrogen and oxygen atoms in total. The molecule has 0 saturated heterocycles. The average Bonchev–Trinajstić information content (AvgIpc) is 1.73. The number of thiazole rings is 1. The average molecular weight is 1600 g/mol. The molecule has 12 heterocycles. The van der Waals surface area contributed by atoms with Crippen LogP contribution in [0.2, 0.25) is 0 Å². The van der Waals surface area contributed by atoms with Crippen molar-refractivity contribution in [3.63, 3.8) is 0 Å². The second-order valence-electron chi connectivity index (χ2n) is 22.7. The monoisotopic (exact) mass is 1600 g/mol. The van der Waals surface area contributed by atoms with Gasteiger partial charge in [-0.15, -0.1) is 22.7 Å². The molecule has 0 bridgehead atoms. The number of aromatic nitrogens is 16. The molecule has 0 amide bonds. The van der Waals surface area contributed by atoms with Crippen LogP contribution in [0.4, 0.5) is 0 Å². The van der Waals surface area contributed by atoms with Gasteiger partial charge < -0.3 is 27.0 Å². The number of nitrogens with zero attached hydrogens (tertiary/aromatic N) is 16. The molecule has 24 heteroatoms. The summed E-state index contributed by atoms with van der Waals surface area (Å²) in [6, 6.07) is 6.35. The number of thiophene rings is 1. The van der Waals surface area contributed by atoms with Crippen LogP contribution in [0, 0.1) is 208 Å². The van der Waals surface area contributed by atoms with E-state index in [4.69, 9.17) is 13.4 Å². The molecular formula is C85H162N16O4S4. The summed E-state index contributed by atoms with van der Waals surface area (Å²) in [5, 5.41) is 19.9. The van der Waals surface area contributed by atoms with Crippen LogP contribution in [0.25, 0.3) is 0 Å². The third-order valence-electron chi connectivity index (χ3n) is 14.2. The highest BCUT2D eigenvalue weighted by Gasteiger charge is 2.04. The maximum absolute atomic E-state index is 5.10. The Morgan fingerprint density at radius 3 is 1.04 bits per heavy atom. The molecule has 0 fully saturated rings. The fourth-order valence-corrected chi connectivity index (χ4v) is 10.2. The van der Waals surface area contributed by atoms with Crippen molar-refractivity contribution in [2.45, 2.75) is 316 Å². The van der Waals surface area contributed by atoms with Crippen LogP contribution in [0.1, 0.15) is 276 Å². The van der Waals surface area contributed by atoms with Crippen LogP contribution in [0.15, 0.2) is 53.9 Å². The molecule has 0 unspecified atom stereocenters. The van der Waals surface area contributed by atoms with E-state index in [9.17, 15) is 0 Å². The summed E-state index contributed by atoms with van der Waals surface area (Å²) < 4.78 is 35.5. The first-order chi connectivity index (χ1) is 46.6. The number of hydrogen-bond acceptors (Lipinski definition) is 20. The van der Waals surface area contributed by atoms with Crippen LogP contribution in [-0.2, 0) is 28.2 Å². The highest BCUT2D eigenvalue weighted by Crippen LogP contribution is 2.16. The van der Waals surface area contributed by atoms with Crippen molar-refractivity contribution in [2.24, 2.45) is 28.2 Å². The Bertz CT molecular complexity index is 3440. The molecule has 0 aliphatic rings. The zero-order valence-electron chi connectivity index (χ0n) is 68.9. The van der Waals surface area contributed by atoms with Crippen molar-refractivity contribution in [1.29, 1.82) is 0 Å². The fraction of sp³-hybridized carbons (Fsp3) is 0.576. The van der Waals surface area contributed by atoms with Gasteiger partial charge in [-0.3, -0.25) is 9.36 Å². The van der Waals surface area contributed by atoms with E-state index in [1.165, 1.54) is 87.5 Å². The van der Waals surface area contributed by atoms with E-state index < -0.39 is 0 Å². The number of furan rings is 1. The van der Waals surface area contributed by atoms with Crippen LogP contribution < -0.4 is 0 Å². The van der Waals surface area contributed by atoms with Crippen molar-refractivity contribution in [1.82, 2.24) is 77.7 Å². The number of hydrogen-bond donors (Lipinski definition) is 0. The minimum atomic E-state index is 0. The molecule has 12 aromatic rings. The van der Waals surface area contributed by atoms with Crippen LogP contribution in [0.3, 0.4) is 0 Å². The lowest BCUT2D eigenvalue weighted by molar-refractivity contribution is 0.389. The summed E-state index contributed by atoms with van der Waals surface area (Å²) in [6.45, 7) is 71.9. The van der Waals surface area contributed by atoms with E-state index in [1.54, 1.807) is 59.0 Å². The summed E-state index contributed by atoms with van der Waals surface area (Å²) in [5.41, 5.74) is 18.1. The SMILES string of the molecule is C.C.C.C.C.C.C.C.C.CC.CC.CC.Cc1cc(C)n(C)c1.Cc1coc(C)c1.Cc1csc(C)c1.Cc1nc(C)c(C)o1.Cc1nc(C)c(C)s1.Cc1nc(C)n(C)c1C.Cc1nc(C)n(C)n1.Cc1nn(C)c(C)c1C.Cc1noc(C)c1C.Cc1noc(C)n1.Cc1nsc(C)c1C.Cc1nsc(C)n1. The summed E-state index contributed by atoms with van der Waals surface area (Å²) in [5.74, 6) is 8.65. The quantitative estimate of drug-likeness (QED) is 0.137. The van der Waals surface area contributed by atoms with Crippen molar-refractivity contribution >= 4 is 45.7 Å². The molecule has 0 saturated carbocycles. The Labute approximate surface area is 684 Å². The molecule has 12 rings (SSSR count). The maximum atomic E-state index is 5.10. The lowest BCUT2D eigenvalue weighted by Gasteiger charge is -1.94.